The molecule has 1 aliphatic heterocycles. The van der Waals surface area contributed by atoms with E-state index in [0.717, 1.165) is 4.31 Å². The molecule has 1 atom stereocenters. The number of hydrogen-bond acceptors (Lipinski definition) is 6. The maximum Gasteiger partial charge on any atom is 0.324 e. The summed E-state index contributed by atoms with van der Waals surface area (Å²) in [6.45, 7) is 6.84. The maximum atomic E-state index is 13.1. The SMILES string of the molecule is C[C@H](C(=O)OC(C)(C)C)N1Cc2ccc(-c3nc(Cl)ncc3Br)cc2S1(=O)=O. The van der Waals surface area contributed by atoms with Crippen molar-refractivity contribution in [1.29, 1.82) is 0 Å². The van der Waals surface area contributed by atoms with Gasteiger partial charge in [0.2, 0.25) is 15.3 Å². The van der Waals surface area contributed by atoms with Crippen molar-refractivity contribution in [2.45, 2.75) is 50.8 Å². The number of carbonyl (C=O) groups excluding carboxylic acids is 1. The number of nitrogens with zero attached hydrogens (tertiary/aromatic N) is 3. The molecule has 1 aromatic carbocycles. The molecule has 0 bridgehead atoms. The number of rotatable bonds is 3. The van der Waals surface area contributed by atoms with Crippen molar-refractivity contribution in [1.82, 2.24) is 14.3 Å². The minimum absolute atomic E-state index is 0.0572. The fourth-order valence-electron chi connectivity index (χ4n) is 2.85. The Labute approximate surface area is 177 Å². The number of carbonyl (C=O) groups is 1. The van der Waals surface area contributed by atoms with Gasteiger partial charge in [0.25, 0.3) is 0 Å². The zero-order chi connectivity index (χ0) is 20.9. The summed E-state index contributed by atoms with van der Waals surface area (Å²) in [6.07, 6.45) is 1.50. The average molecular weight is 489 g/mol. The van der Waals surface area contributed by atoms with Gasteiger partial charge < -0.3 is 4.74 Å². The van der Waals surface area contributed by atoms with E-state index in [2.05, 4.69) is 25.9 Å². The van der Waals surface area contributed by atoms with Crippen molar-refractivity contribution >= 4 is 43.5 Å². The Morgan fingerprint density at radius 1 is 1.36 bits per heavy atom. The Hall–Kier alpha value is -1.55. The molecule has 7 nitrogen and oxygen atoms in total. The summed E-state index contributed by atoms with van der Waals surface area (Å²) in [6, 6.07) is 4.07. The lowest BCUT2D eigenvalue weighted by atomic mass is 10.1. The van der Waals surface area contributed by atoms with Gasteiger partial charge in [-0.15, -0.1) is 0 Å². The van der Waals surface area contributed by atoms with Gasteiger partial charge in [0.05, 0.1) is 15.1 Å². The third-order valence-electron chi connectivity index (χ3n) is 4.15. The van der Waals surface area contributed by atoms with Gasteiger partial charge in [0.1, 0.15) is 11.6 Å². The first-order valence-electron chi connectivity index (χ1n) is 8.46. The highest BCUT2D eigenvalue weighted by atomic mass is 79.9. The van der Waals surface area contributed by atoms with E-state index in [1.54, 1.807) is 32.9 Å². The van der Waals surface area contributed by atoms with E-state index in [0.29, 0.717) is 21.3 Å². The third kappa shape index (κ3) is 4.07. The van der Waals surface area contributed by atoms with E-state index in [-0.39, 0.29) is 16.7 Å². The number of benzene rings is 1. The Kier molecular flexibility index (Phi) is 5.57. The van der Waals surface area contributed by atoms with Crippen LogP contribution in [-0.4, -0.2) is 40.3 Å². The molecule has 0 saturated carbocycles. The molecule has 0 radical (unpaired) electrons. The van der Waals surface area contributed by atoms with E-state index in [1.165, 1.54) is 19.2 Å². The summed E-state index contributed by atoms with van der Waals surface area (Å²) >= 11 is 9.23. The quantitative estimate of drug-likeness (QED) is 0.482. The van der Waals surface area contributed by atoms with Gasteiger partial charge in [0.15, 0.2) is 0 Å². The van der Waals surface area contributed by atoms with Crippen LogP contribution < -0.4 is 0 Å². The molecule has 1 aliphatic rings. The van der Waals surface area contributed by atoms with Crippen LogP contribution >= 0.6 is 27.5 Å². The second kappa shape index (κ2) is 7.37. The van der Waals surface area contributed by atoms with E-state index >= 15 is 0 Å². The van der Waals surface area contributed by atoms with Crippen molar-refractivity contribution in [3.8, 4) is 11.3 Å². The highest BCUT2D eigenvalue weighted by Gasteiger charge is 2.41. The van der Waals surface area contributed by atoms with E-state index < -0.39 is 27.6 Å². The first-order chi connectivity index (χ1) is 12.9. The van der Waals surface area contributed by atoms with Crippen LogP contribution in [0.4, 0.5) is 0 Å². The topological polar surface area (TPSA) is 89.5 Å². The van der Waals surface area contributed by atoms with Crippen LogP contribution in [0.5, 0.6) is 0 Å². The van der Waals surface area contributed by atoms with Gasteiger partial charge in [-0.1, -0.05) is 12.1 Å². The number of esters is 1. The normalized spacial score (nSPS) is 17.2. The van der Waals surface area contributed by atoms with Crippen LogP contribution in [0.2, 0.25) is 5.28 Å². The summed E-state index contributed by atoms with van der Waals surface area (Å²) in [5.41, 5.74) is 0.963. The Balaban J connectivity index is 1.97. The molecule has 2 aromatic rings. The van der Waals surface area contributed by atoms with E-state index in [4.69, 9.17) is 16.3 Å². The standard InChI is InChI=1S/C18H19BrClN3O4S/c1-10(16(24)27-18(2,3)4)23-9-12-6-5-11(7-14(12)28(23,25)26)15-13(19)8-21-17(20)22-15/h5-8,10H,9H2,1-4H3/t10-/m1/s1. The number of ether oxygens (including phenoxy) is 1. The molecule has 2 heterocycles. The molecule has 0 amide bonds. The summed E-state index contributed by atoms with van der Waals surface area (Å²) in [5, 5.41) is 0.0572. The van der Waals surface area contributed by atoms with Crippen LogP contribution in [0.25, 0.3) is 11.3 Å². The van der Waals surface area contributed by atoms with Crippen LogP contribution in [0.3, 0.4) is 0 Å². The van der Waals surface area contributed by atoms with Crippen molar-refractivity contribution in [3.05, 3.63) is 39.7 Å². The minimum atomic E-state index is -3.86. The average Bonchev–Trinajstić information content (AvgIpc) is 2.85. The van der Waals surface area contributed by atoms with Crippen LogP contribution in [0.1, 0.15) is 33.3 Å². The number of aromatic nitrogens is 2. The monoisotopic (exact) mass is 487 g/mol. The second-order valence-corrected chi connectivity index (χ2v) is 10.5. The molecule has 0 N–H and O–H groups in total. The first kappa shape index (κ1) is 21.2. The molecule has 0 fully saturated rings. The first-order valence-corrected chi connectivity index (χ1v) is 11.1. The number of halogens is 2. The summed E-state index contributed by atoms with van der Waals surface area (Å²) in [5.74, 6) is -0.588. The zero-order valence-electron chi connectivity index (χ0n) is 15.7. The third-order valence-corrected chi connectivity index (χ3v) is 6.91. The molecule has 1 aromatic heterocycles. The fourth-order valence-corrected chi connectivity index (χ4v) is 5.21. The summed E-state index contributed by atoms with van der Waals surface area (Å²) in [7, 11) is -3.86. The molecular weight excluding hydrogens is 470 g/mol. The van der Waals surface area contributed by atoms with Crippen molar-refractivity contribution in [3.63, 3.8) is 0 Å². The predicted molar refractivity (Wildman–Crippen MR) is 108 cm³/mol. The minimum Gasteiger partial charge on any atom is -0.459 e. The zero-order valence-corrected chi connectivity index (χ0v) is 18.9. The lowest BCUT2D eigenvalue weighted by Crippen LogP contribution is -2.42. The molecule has 150 valence electrons. The fraction of sp³-hybridized carbons (Fsp3) is 0.389. The van der Waals surface area contributed by atoms with E-state index in [9.17, 15) is 13.2 Å². The Morgan fingerprint density at radius 2 is 2.04 bits per heavy atom. The largest absolute Gasteiger partial charge is 0.459 e. The van der Waals surface area contributed by atoms with Gasteiger partial charge in [-0.3, -0.25) is 4.79 Å². The highest BCUT2D eigenvalue weighted by Crippen LogP contribution is 2.36. The summed E-state index contributed by atoms with van der Waals surface area (Å²) in [4.78, 5) is 20.6. The summed E-state index contributed by atoms with van der Waals surface area (Å²) < 4.78 is 33.2. The van der Waals surface area contributed by atoms with Gasteiger partial charge in [0, 0.05) is 18.3 Å². The molecular formula is C18H19BrClN3O4S. The van der Waals surface area contributed by atoms with Gasteiger partial charge in [-0.2, -0.15) is 4.31 Å². The van der Waals surface area contributed by atoms with Crippen LogP contribution in [0.15, 0.2) is 33.8 Å². The van der Waals surface area contributed by atoms with Crippen LogP contribution in [0, 0.1) is 0 Å². The van der Waals surface area contributed by atoms with Gasteiger partial charge >= 0.3 is 5.97 Å². The van der Waals surface area contributed by atoms with Crippen molar-refractivity contribution in [2.75, 3.05) is 0 Å². The Bertz CT molecular complexity index is 1050. The van der Waals surface area contributed by atoms with E-state index in [1.807, 2.05) is 0 Å². The van der Waals surface area contributed by atoms with Crippen molar-refractivity contribution < 1.29 is 17.9 Å². The number of sulfonamides is 1. The van der Waals surface area contributed by atoms with Crippen molar-refractivity contribution in [2.24, 2.45) is 0 Å². The molecule has 0 spiro atoms. The maximum absolute atomic E-state index is 13.1. The van der Waals surface area contributed by atoms with Gasteiger partial charge in [-0.25, -0.2) is 18.4 Å². The Morgan fingerprint density at radius 3 is 2.68 bits per heavy atom. The molecule has 0 saturated heterocycles. The molecule has 3 rings (SSSR count). The van der Waals surface area contributed by atoms with Gasteiger partial charge in [-0.05, 0) is 66.9 Å². The molecule has 0 unspecified atom stereocenters. The second-order valence-electron chi connectivity index (χ2n) is 7.42. The number of hydrogen-bond donors (Lipinski definition) is 0. The number of fused-ring (bicyclic) bond motifs is 1. The molecule has 28 heavy (non-hydrogen) atoms. The smallest absolute Gasteiger partial charge is 0.324 e. The lowest BCUT2D eigenvalue weighted by molar-refractivity contribution is -0.159. The molecule has 10 heteroatoms. The highest BCUT2D eigenvalue weighted by molar-refractivity contribution is 9.10. The molecule has 0 aliphatic carbocycles. The predicted octanol–water partition coefficient (Wildman–Crippen LogP) is 3.79. The lowest BCUT2D eigenvalue weighted by Gasteiger charge is -2.26. The van der Waals surface area contributed by atoms with Crippen LogP contribution in [-0.2, 0) is 26.1 Å².